The number of thioether (sulfide) groups is 1. The van der Waals surface area contributed by atoms with Crippen molar-refractivity contribution in [3.63, 3.8) is 0 Å². The number of benzene rings is 1. The molecule has 0 unspecified atom stereocenters. The van der Waals surface area contributed by atoms with Crippen molar-refractivity contribution in [3.05, 3.63) is 24.3 Å². The average molecular weight is 340 g/mol. The maximum absolute atomic E-state index is 11.7. The first-order chi connectivity index (χ1) is 11.0. The molecule has 0 fully saturated rings. The van der Waals surface area contributed by atoms with E-state index in [1.807, 2.05) is 0 Å². The van der Waals surface area contributed by atoms with E-state index in [1.54, 1.807) is 31.4 Å². The van der Waals surface area contributed by atoms with Crippen LogP contribution in [-0.4, -0.2) is 48.1 Å². The van der Waals surface area contributed by atoms with E-state index in [9.17, 15) is 14.4 Å². The first-order valence-electron chi connectivity index (χ1n) is 7.01. The predicted octanol–water partition coefficient (Wildman–Crippen LogP) is 1.35. The SMILES string of the molecule is COc1ccc(NC(=O)CSCC(=O)NCCCC(=O)O)cc1. The number of carbonyl (C=O) groups excluding carboxylic acids is 2. The Labute approximate surface area is 138 Å². The summed E-state index contributed by atoms with van der Waals surface area (Å²) < 4.78 is 5.02. The minimum absolute atomic E-state index is 0.0255. The van der Waals surface area contributed by atoms with Crippen LogP contribution >= 0.6 is 11.8 Å². The zero-order valence-electron chi connectivity index (χ0n) is 12.8. The Balaban J connectivity index is 2.15. The minimum Gasteiger partial charge on any atom is -0.497 e. The number of aliphatic carboxylic acids is 1. The number of methoxy groups -OCH3 is 1. The van der Waals surface area contributed by atoms with Gasteiger partial charge in [0.25, 0.3) is 0 Å². The normalized spacial score (nSPS) is 9.96. The summed E-state index contributed by atoms with van der Waals surface area (Å²) in [5.74, 6) is -0.269. The van der Waals surface area contributed by atoms with Gasteiger partial charge in [0.2, 0.25) is 11.8 Å². The number of carbonyl (C=O) groups is 3. The van der Waals surface area contributed by atoms with Crippen LogP contribution in [0.15, 0.2) is 24.3 Å². The summed E-state index contributed by atoms with van der Waals surface area (Å²) in [6.07, 6.45) is 0.418. The lowest BCUT2D eigenvalue weighted by Crippen LogP contribution is -2.27. The Kier molecular flexibility index (Phi) is 8.59. The third-order valence-electron chi connectivity index (χ3n) is 2.73. The highest BCUT2D eigenvalue weighted by Crippen LogP contribution is 2.15. The minimum atomic E-state index is -0.885. The van der Waals surface area contributed by atoms with E-state index in [4.69, 9.17) is 9.84 Å². The molecule has 0 aliphatic carbocycles. The number of rotatable bonds is 10. The summed E-state index contributed by atoms with van der Waals surface area (Å²) in [5.41, 5.74) is 0.662. The van der Waals surface area contributed by atoms with E-state index >= 15 is 0 Å². The molecule has 7 nitrogen and oxygen atoms in total. The van der Waals surface area contributed by atoms with Crippen molar-refractivity contribution in [2.75, 3.05) is 30.5 Å². The largest absolute Gasteiger partial charge is 0.497 e. The van der Waals surface area contributed by atoms with E-state index in [0.717, 1.165) is 0 Å². The molecular weight excluding hydrogens is 320 g/mol. The van der Waals surface area contributed by atoms with Gasteiger partial charge in [0.05, 0.1) is 18.6 Å². The van der Waals surface area contributed by atoms with Gasteiger partial charge in [0, 0.05) is 18.7 Å². The van der Waals surface area contributed by atoms with Crippen molar-refractivity contribution in [2.45, 2.75) is 12.8 Å². The van der Waals surface area contributed by atoms with Crippen LogP contribution in [0.1, 0.15) is 12.8 Å². The molecule has 0 heterocycles. The second-order valence-corrected chi connectivity index (χ2v) is 5.60. The quantitative estimate of drug-likeness (QED) is 0.555. The monoisotopic (exact) mass is 340 g/mol. The van der Waals surface area contributed by atoms with Crippen LogP contribution in [0.5, 0.6) is 5.75 Å². The first-order valence-corrected chi connectivity index (χ1v) is 8.17. The molecule has 2 amide bonds. The summed E-state index contributed by atoms with van der Waals surface area (Å²) >= 11 is 1.20. The highest BCUT2D eigenvalue weighted by molar-refractivity contribution is 8.00. The number of amides is 2. The van der Waals surface area contributed by atoms with Crippen LogP contribution in [0.2, 0.25) is 0 Å². The maximum atomic E-state index is 11.7. The Hall–Kier alpha value is -2.22. The fourth-order valence-electron chi connectivity index (χ4n) is 1.63. The summed E-state index contributed by atoms with van der Waals surface area (Å²) in [6, 6.07) is 6.95. The molecule has 8 heteroatoms. The fourth-order valence-corrected chi connectivity index (χ4v) is 2.27. The first kappa shape index (κ1) is 18.8. The van der Waals surface area contributed by atoms with Gasteiger partial charge < -0.3 is 20.5 Å². The number of carboxylic acid groups (broad SMARTS) is 1. The molecule has 3 N–H and O–H groups in total. The Morgan fingerprint density at radius 3 is 2.39 bits per heavy atom. The van der Waals surface area contributed by atoms with E-state index in [-0.39, 0.29) is 29.7 Å². The van der Waals surface area contributed by atoms with Crippen molar-refractivity contribution in [3.8, 4) is 5.75 Å². The third-order valence-corrected chi connectivity index (χ3v) is 3.66. The average Bonchev–Trinajstić information content (AvgIpc) is 2.52. The molecule has 23 heavy (non-hydrogen) atoms. The lowest BCUT2D eigenvalue weighted by atomic mass is 10.3. The van der Waals surface area contributed by atoms with Gasteiger partial charge in [0.1, 0.15) is 5.75 Å². The Bertz CT molecular complexity index is 533. The molecule has 1 aromatic rings. The highest BCUT2D eigenvalue weighted by atomic mass is 32.2. The summed E-state index contributed by atoms with van der Waals surface area (Å²) in [7, 11) is 1.57. The maximum Gasteiger partial charge on any atom is 0.303 e. The van der Waals surface area contributed by atoms with Crippen LogP contribution < -0.4 is 15.4 Å². The van der Waals surface area contributed by atoms with Crippen LogP contribution in [0, 0.1) is 0 Å². The molecule has 0 bridgehead atoms. The number of hydrogen-bond acceptors (Lipinski definition) is 5. The van der Waals surface area contributed by atoms with Crippen LogP contribution in [0.4, 0.5) is 5.69 Å². The lowest BCUT2D eigenvalue weighted by molar-refractivity contribution is -0.137. The molecule has 126 valence electrons. The van der Waals surface area contributed by atoms with Crippen molar-refractivity contribution in [1.29, 1.82) is 0 Å². The number of carboxylic acids is 1. The number of hydrogen-bond donors (Lipinski definition) is 3. The van der Waals surface area contributed by atoms with Gasteiger partial charge in [-0.2, -0.15) is 0 Å². The second kappa shape index (κ2) is 10.5. The molecule has 0 radical (unpaired) electrons. The molecule has 0 aromatic heterocycles. The van der Waals surface area contributed by atoms with Crippen LogP contribution in [0.25, 0.3) is 0 Å². The van der Waals surface area contributed by atoms with Crippen molar-refractivity contribution >= 4 is 35.2 Å². The second-order valence-electron chi connectivity index (χ2n) is 4.62. The molecule has 1 aromatic carbocycles. The van der Waals surface area contributed by atoms with Gasteiger partial charge in [-0.25, -0.2) is 0 Å². The molecule has 1 rings (SSSR count). The predicted molar refractivity (Wildman–Crippen MR) is 88.8 cm³/mol. The number of ether oxygens (including phenoxy) is 1. The van der Waals surface area contributed by atoms with E-state index in [1.165, 1.54) is 11.8 Å². The van der Waals surface area contributed by atoms with Gasteiger partial charge >= 0.3 is 5.97 Å². The number of nitrogens with one attached hydrogen (secondary N) is 2. The molecule has 0 aliphatic heterocycles. The number of anilines is 1. The topological polar surface area (TPSA) is 105 Å². The molecule has 0 saturated carbocycles. The Morgan fingerprint density at radius 1 is 1.13 bits per heavy atom. The van der Waals surface area contributed by atoms with Gasteiger partial charge in [-0.15, -0.1) is 11.8 Å². The van der Waals surface area contributed by atoms with E-state index in [2.05, 4.69) is 10.6 Å². The molecule has 0 aliphatic rings. The van der Waals surface area contributed by atoms with Crippen LogP contribution in [0.3, 0.4) is 0 Å². The zero-order chi connectivity index (χ0) is 17.1. The summed E-state index contributed by atoms with van der Waals surface area (Å²) in [6.45, 7) is 0.323. The summed E-state index contributed by atoms with van der Waals surface area (Å²) in [4.78, 5) is 33.5. The smallest absolute Gasteiger partial charge is 0.303 e. The fraction of sp³-hybridized carbons (Fsp3) is 0.400. The molecule has 0 spiro atoms. The van der Waals surface area contributed by atoms with Crippen molar-refractivity contribution < 1.29 is 24.2 Å². The van der Waals surface area contributed by atoms with Crippen molar-refractivity contribution in [2.24, 2.45) is 0 Å². The van der Waals surface area contributed by atoms with Gasteiger partial charge in [0.15, 0.2) is 0 Å². The van der Waals surface area contributed by atoms with Crippen LogP contribution in [-0.2, 0) is 14.4 Å². The molecule has 0 atom stereocenters. The highest BCUT2D eigenvalue weighted by Gasteiger charge is 2.06. The van der Waals surface area contributed by atoms with E-state index < -0.39 is 5.97 Å². The van der Waals surface area contributed by atoms with Gasteiger partial charge in [-0.05, 0) is 30.7 Å². The third kappa shape index (κ3) is 8.72. The van der Waals surface area contributed by atoms with E-state index in [0.29, 0.717) is 24.4 Å². The molecule has 0 saturated heterocycles. The molecular formula is C15H20N2O5S. The van der Waals surface area contributed by atoms with Gasteiger partial charge in [-0.3, -0.25) is 14.4 Å². The standard InChI is InChI=1S/C15H20N2O5S/c1-22-12-6-4-11(5-7-12)17-14(19)10-23-9-13(18)16-8-2-3-15(20)21/h4-7H,2-3,8-10H2,1H3,(H,16,18)(H,17,19)(H,20,21). The summed E-state index contributed by atoms with van der Waals surface area (Å²) in [5, 5.41) is 13.8. The Morgan fingerprint density at radius 2 is 1.78 bits per heavy atom. The lowest BCUT2D eigenvalue weighted by Gasteiger charge is -2.07. The van der Waals surface area contributed by atoms with Gasteiger partial charge in [-0.1, -0.05) is 0 Å². The van der Waals surface area contributed by atoms with Crippen molar-refractivity contribution in [1.82, 2.24) is 5.32 Å². The zero-order valence-corrected chi connectivity index (χ0v) is 13.6.